The van der Waals surface area contributed by atoms with Crippen molar-refractivity contribution in [3.8, 4) is 5.75 Å². The summed E-state index contributed by atoms with van der Waals surface area (Å²) in [5.74, 6) is -2.93. The normalized spacial score (nSPS) is 19.2. The number of para-hydroxylation sites is 2. The highest BCUT2D eigenvalue weighted by atomic mass is 35.5. The van der Waals surface area contributed by atoms with Crippen LogP contribution in [-0.4, -0.2) is 30.2 Å². The third-order valence-corrected chi connectivity index (χ3v) is 3.41. The number of nitrogens with zero attached hydrogens (tertiary/aromatic N) is 1. The molecule has 1 aliphatic heterocycles. The maximum Gasteiger partial charge on any atom is 0.461 e. The lowest BCUT2D eigenvalue weighted by molar-refractivity contribution is -0.253. The molecule has 1 aromatic rings. The van der Waals surface area contributed by atoms with Crippen molar-refractivity contribution in [3.63, 3.8) is 0 Å². The van der Waals surface area contributed by atoms with E-state index in [4.69, 9.17) is 11.6 Å². The van der Waals surface area contributed by atoms with Crippen molar-refractivity contribution in [2.75, 3.05) is 10.8 Å². The molecule has 1 unspecified atom stereocenters. The number of benzene rings is 1. The van der Waals surface area contributed by atoms with Crippen LogP contribution in [0.25, 0.3) is 0 Å². The molecule has 0 bridgehead atoms. The Labute approximate surface area is 127 Å². The number of amides is 2. The average molecular weight is 340 g/mol. The molecule has 0 spiro atoms. The monoisotopic (exact) mass is 339 g/mol. The van der Waals surface area contributed by atoms with Gasteiger partial charge in [0.15, 0.2) is 5.75 Å². The number of ether oxygens (including phenoxy) is 1. The number of alkyl halides is 5. The zero-order valence-electron chi connectivity index (χ0n) is 10.9. The number of carbonyl (C=O) groups is 2. The second kappa shape index (κ2) is 6.12. The number of rotatable bonds is 5. The van der Waals surface area contributed by atoms with Crippen LogP contribution in [0.2, 0.25) is 0 Å². The molecule has 1 saturated heterocycles. The lowest BCUT2D eigenvalue weighted by Crippen LogP contribution is -2.35. The largest absolute Gasteiger partial charge is 0.461 e. The van der Waals surface area contributed by atoms with E-state index < -0.39 is 36.0 Å². The van der Waals surface area contributed by atoms with Crippen LogP contribution in [0.3, 0.4) is 0 Å². The summed E-state index contributed by atoms with van der Waals surface area (Å²) in [7, 11) is 0. The smallest absolute Gasteiger partial charge is 0.426 e. The Morgan fingerprint density at radius 1 is 1.32 bits per heavy atom. The van der Waals surface area contributed by atoms with Crippen LogP contribution in [0.5, 0.6) is 5.75 Å². The second-order valence-electron chi connectivity index (χ2n) is 4.56. The summed E-state index contributed by atoms with van der Waals surface area (Å²) in [6, 6.07) is 4.74. The molecular weight excluding hydrogens is 330 g/mol. The van der Waals surface area contributed by atoms with Gasteiger partial charge in [0.2, 0.25) is 11.8 Å². The molecule has 2 rings (SSSR count). The Hall–Kier alpha value is -1.83. The predicted molar refractivity (Wildman–Crippen MR) is 69.3 cm³/mol. The van der Waals surface area contributed by atoms with E-state index in [1.807, 2.05) is 0 Å². The fourth-order valence-corrected chi connectivity index (χ4v) is 2.23. The summed E-state index contributed by atoms with van der Waals surface area (Å²) in [4.78, 5) is 24.5. The summed E-state index contributed by atoms with van der Waals surface area (Å²) in [5.41, 5.74) is -0.314. The van der Waals surface area contributed by atoms with Crippen LogP contribution in [0, 0.1) is 5.92 Å². The minimum absolute atomic E-state index is 0.114. The van der Waals surface area contributed by atoms with E-state index in [1.165, 1.54) is 12.1 Å². The fraction of sp³-hybridized carbons (Fsp3) is 0.385. The molecule has 120 valence electrons. The molecule has 22 heavy (non-hydrogen) atoms. The zero-order chi connectivity index (χ0) is 16.5. The molecule has 0 N–H and O–H groups in total. The molecule has 1 fully saturated rings. The van der Waals surface area contributed by atoms with E-state index in [1.54, 1.807) is 0 Å². The number of hydrogen-bond acceptors (Lipinski definition) is 3. The Morgan fingerprint density at radius 3 is 2.50 bits per heavy atom. The maximum absolute atomic E-state index is 13.1. The molecule has 0 radical (unpaired) electrons. The highest BCUT2D eigenvalue weighted by Gasteiger charge is 2.46. The van der Waals surface area contributed by atoms with Gasteiger partial charge in [-0.05, 0) is 12.1 Å². The van der Waals surface area contributed by atoms with Gasteiger partial charge >= 0.3 is 12.5 Å². The van der Waals surface area contributed by atoms with Gasteiger partial charge in [0.05, 0.1) is 11.6 Å². The quantitative estimate of drug-likeness (QED) is 0.470. The van der Waals surface area contributed by atoms with Gasteiger partial charge in [-0.2, -0.15) is 17.6 Å². The number of hydrogen-bond donors (Lipinski definition) is 0. The average Bonchev–Trinajstić information content (AvgIpc) is 2.73. The molecule has 0 aromatic heterocycles. The Balaban J connectivity index is 2.37. The van der Waals surface area contributed by atoms with Gasteiger partial charge in [-0.15, -0.1) is 11.6 Å². The first kappa shape index (κ1) is 16.5. The van der Waals surface area contributed by atoms with Crippen molar-refractivity contribution < 1.29 is 31.9 Å². The standard InChI is InChI=1S/C13H10ClF4NO3/c14-6-7-5-10(20)19(11(7)21)8-3-1-2-4-9(8)22-13(17,18)12(15)16/h1-4,7,12H,5-6H2. The SMILES string of the molecule is O=C1CC(CCl)C(=O)N1c1ccccc1OC(F)(F)C(F)F. The van der Waals surface area contributed by atoms with Crippen LogP contribution in [-0.2, 0) is 9.59 Å². The van der Waals surface area contributed by atoms with Gasteiger partial charge in [0.25, 0.3) is 0 Å². The van der Waals surface area contributed by atoms with E-state index in [-0.39, 0.29) is 18.0 Å². The molecule has 9 heteroatoms. The van der Waals surface area contributed by atoms with Gasteiger partial charge in [-0.1, -0.05) is 12.1 Å². The van der Waals surface area contributed by atoms with Crippen LogP contribution in [0.15, 0.2) is 24.3 Å². The second-order valence-corrected chi connectivity index (χ2v) is 4.86. The van der Waals surface area contributed by atoms with Crippen molar-refractivity contribution in [1.29, 1.82) is 0 Å². The zero-order valence-corrected chi connectivity index (χ0v) is 11.7. The molecule has 1 aliphatic rings. The van der Waals surface area contributed by atoms with Crippen molar-refractivity contribution in [2.45, 2.75) is 19.0 Å². The minimum Gasteiger partial charge on any atom is -0.426 e. The van der Waals surface area contributed by atoms with E-state index in [9.17, 15) is 27.2 Å². The minimum atomic E-state index is -4.74. The molecule has 1 atom stereocenters. The molecule has 2 amide bonds. The van der Waals surface area contributed by atoms with Crippen LogP contribution in [0.4, 0.5) is 23.2 Å². The van der Waals surface area contributed by atoms with Gasteiger partial charge in [0, 0.05) is 12.3 Å². The molecule has 1 aromatic carbocycles. The summed E-state index contributed by atoms with van der Waals surface area (Å²) >= 11 is 5.56. The number of anilines is 1. The molecule has 0 aliphatic carbocycles. The van der Waals surface area contributed by atoms with Crippen LogP contribution < -0.4 is 9.64 Å². The Bertz CT molecular complexity index is 596. The third kappa shape index (κ3) is 3.01. The molecule has 0 saturated carbocycles. The first-order valence-corrected chi connectivity index (χ1v) is 6.68. The van der Waals surface area contributed by atoms with E-state index in [2.05, 4.69) is 4.74 Å². The van der Waals surface area contributed by atoms with Gasteiger partial charge in [0.1, 0.15) is 0 Å². The van der Waals surface area contributed by atoms with Gasteiger partial charge in [-0.25, -0.2) is 4.90 Å². The van der Waals surface area contributed by atoms with Crippen molar-refractivity contribution in [2.24, 2.45) is 5.92 Å². The fourth-order valence-electron chi connectivity index (χ4n) is 1.99. The summed E-state index contributed by atoms with van der Waals surface area (Å²) < 4.78 is 54.6. The van der Waals surface area contributed by atoms with Crippen LogP contribution >= 0.6 is 11.6 Å². The highest BCUT2D eigenvalue weighted by molar-refractivity contribution is 6.26. The topological polar surface area (TPSA) is 46.6 Å². The van der Waals surface area contributed by atoms with Crippen molar-refractivity contribution in [1.82, 2.24) is 0 Å². The first-order valence-electron chi connectivity index (χ1n) is 6.14. The van der Waals surface area contributed by atoms with Crippen molar-refractivity contribution in [3.05, 3.63) is 24.3 Å². The van der Waals surface area contributed by atoms with Crippen LogP contribution in [0.1, 0.15) is 6.42 Å². The first-order chi connectivity index (χ1) is 10.3. The summed E-state index contributed by atoms with van der Waals surface area (Å²) in [5, 5.41) is 0. The lowest BCUT2D eigenvalue weighted by Gasteiger charge is -2.22. The van der Waals surface area contributed by atoms with Crippen molar-refractivity contribution >= 4 is 29.1 Å². The van der Waals surface area contributed by atoms with Gasteiger partial charge in [-0.3, -0.25) is 9.59 Å². The molecule has 1 heterocycles. The molecular formula is C13H10ClF4NO3. The number of carbonyl (C=O) groups excluding carboxylic acids is 2. The number of halogens is 5. The van der Waals surface area contributed by atoms with E-state index >= 15 is 0 Å². The maximum atomic E-state index is 13.1. The highest BCUT2D eigenvalue weighted by Crippen LogP contribution is 2.37. The Morgan fingerprint density at radius 2 is 1.95 bits per heavy atom. The number of imide groups is 1. The third-order valence-electron chi connectivity index (χ3n) is 3.03. The predicted octanol–water partition coefficient (Wildman–Crippen LogP) is 3.04. The molecule has 4 nitrogen and oxygen atoms in total. The lowest BCUT2D eigenvalue weighted by atomic mass is 10.1. The summed E-state index contributed by atoms with van der Waals surface area (Å²) in [6.07, 6.45) is -8.98. The Kier molecular flexibility index (Phi) is 4.60. The summed E-state index contributed by atoms with van der Waals surface area (Å²) in [6.45, 7) is 0. The van der Waals surface area contributed by atoms with E-state index in [0.717, 1.165) is 12.1 Å². The van der Waals surface area contributed by atoms with E-state index in [0.29, 0.717) is 4.90 Å². The van der Waals surface area contributed by atoms with Gasteiger partial charge < -0.3 is 4.74 Å².